The van der Waals surface area contributed by atoms with Crippen LogP contribution in [0.25, 0.3) is 11.3 Å². The summed E-state index contributed by atoms with van der Waals surface area (Å²) in [7, 11) is 1.44. The molecule has 0 spiro atoms. The molecule has 106 valence electrons. The van der Waals surface area contributed by atoms with Gasteiger partial charge in [-0.2, -0.15) is 0 Å². The van der Waals surface area contributed by atoms with Gasteiger partial charge in [0.25, 0.3) is 0 Å². The van der Waals surface area contributed by atoms with Crippen LogP contribution in [0.1, 0.15) is 26.6 Å². The number of halogens is 1. The molecule has 5 heteroatoms. The van der Waals surface area contributed by atoms with Gasteiger partial charge in [-0.05, 0) is 24.3 Å². The van der Waals surface area contributed by atoms with Crippen LogP contribution in [0.5, 0.6) is 5.75 Å². The predicted octanol–water partition coefficient (Wildman–Crippen LogP) is 4.25. The number of H-pyrrole nitrogens is 1. The fraction of sp³-hybridized carbons (Fsp3) is 0.333. The fourth-order valence-corrected chi connectivity index (χ4v) is 2.01. The maximum absolute atomic E-state index is 13.8. The van der Waals surface area contributed by atoms with E-state index in [1.54, 1.807) is 18.2 Å². The summed E-state index contributed by atoms with van der Waals surface area (Å²) in [5, 5.41) is 0. The van der Waals surface area contributed by atoms with Gasteiger partial charge in [0.05, 0.1) is 7.11 Å². The number of rotatable bonds is 2. The number of nitrogens with zero attached hydrogens (tertiary/aromatic N) is 1. The highest BCUT2D eigenvalue weighted by atomic mass is 32.1. The first-order chi connectivity index (χ1) is 9.31. The van der Waals surface area contributed by atoms with Gasteiger partial charge in [-0.25, -0.2) is 9.37 Å². The molecule has 0 radical (unpaired) electrons. The first kappa shape index (κ1) is 14.7. The van der Waals surface area contributed by atoms with Crippen molar-refractivity contribution in [3.8, 4) is 17.0 Å². The van der Waals surface area contributed by atoms with E-state index in [4.69, 9.17) is 17.0 Å². The van der Waals surface area contributed by atoms with Crippen LogP contribution in [0.2, 0.25) is 0 Å². The van der Waals surface area contributed by atoms with Crippen molar-refractivity contribution in [2.75, 3.05) is 7.11 Å². The molecule has 0 bridgehead atoms. The number of benzene rings is 1. The summed E-state index contributed by atoms with van der Waals surface area (Å²) >= 11 is 5.19. The molecule has 1 aromatic carbocycles. The van der Waals surface area contributed by atoms with Crippen molar-refractivity contribution in [3.05, 3.63) is 40.5 Å². The van der Waals surface area contributed by atoms with Gasteiger partial charge >= 0.3 is 0 Å². The van der Waals surface area contributed by atoms with Gasteiger partial charge < -0.3 is 9.72 Å². The number of aromatic nitrogens is 2. The minimum absolute atomic E-state index is 0.158. The molecule has 0 amide bonds. The molecule has 0 aliphatic carbocycles. The Morgan fingerprint density at radius 3 is 2.50 bits per heavy atom. The Balaban J connectivity index is 2.56. The van der Waals surface area contributed by atoms with E-state index < -0.39 is 5.82 Å². The molecule has 0 fully saturated rings. The Hall–Kier alpha value is -1.75. The van der Waals surface area contributed by atoms with Crippen LogP contribution in [0.15, 0.2) is 24.3 Å². The van der Waals surface area contributed by atoms with E-state index in [-0.39, 0.29) is 11.2 Å². The molecular formula is C15H17FN2OS. The van der Waals surface area contributed by atoms with Crippen molar-refractivity contribution >= 4 is 12.2 Å². The van der Waals surface area contributed by atoms with Crippen LogP contribution in [0.4, 0.5) is 4.39 Å². The van der Waals surface area contributed by atoms with E-state index in [1.165, 1.54) is 13.2 Å². The van der Waals surface area contributed by atoms with Crippen molar-refractivity contribution in [2.45, 2.75) is 26.2 Å². The summed E-state index contributed by atoms with van der Waals surface area (Å²) < 4.78 is 19.2. The van der Waals surface area contributed by atoms with Crippen LogP contribution < -0.4 is 4.74 Å². The van der Waals surface area contributed by atoms with Crippen LogP contribution >= 0.6 is 12.2 Å². The number of aromatic amines is 1. The van der Waals surface area contributed by atoms with Crippen molar-refractivity contribution in [1.29, 1.82) is 0 Å². The zero-order valence-electron chi connectivity index (χ0n) is 12.0. The Morgan fingerprint density at radius 1 is 1.25 bits per heavy atom. The van der Waals surface area contributed by atoms with E-state index in [9.17, 15) is 4.39 Å². The summed E-state index contributed by atoms with van der Waals surface area (Å²) in [6.45, 7) is 6.12. The van der Waals surface area contributed by atoms with Gasteiger partial charge in [0.2, 0.25) is 0 Å². The molecule has 0 atom stereocenters. The first-order valence-electron chi connectivity index (χ1n) is 6.27. The van der Waals surface area contributed by atoms with E-state index in [2.05, 4.69) is 9.97 Å². The number of hydrogen-bond acceptors (Lipinski definition) is 3. The second-order valence-corrected chi connectivity index (χ2v) is 6.00. The maximum Gasteiger partial charge on any atom is 0.165 e. The van der Waals surface area contributed by atoms with E-state index >= 15 is 0 Å². The summed E-state index contributed by atoms with van der Waals surface area (Å²) in [4.78, 5) is 7.55. The van der Waals surface area contributed by atoms with Gasteiger partial charge in [0.15, 0.2) is 11.6 Å². The highest BCUT2D eigenvalue weighted by Gasteiger charge is 2.17. The maximum atomic E-state index is 13.8. The molecule has 2 aromatic rings. The number of methoxy groups -OCH3 is 1. The molecule has 2 rings (SSSR count). The lowest BCUT2D eigenvalue weighted by atomic mass is 9.95. The third-order valence-corrected chi connectivity index (χ3v) is 3.13. The van der Waals surface area contributed by atoms with Crippen molar-refractivity contribution in [1.82, 2.24) is 9.97 Å². The van der Waals surface area contributed by atoms with Crippen LogP contribution in [-0.4, -0.2) is 17.1 Å². The predicted molar refractivity (Wildman–Crippen MR) is 80.1 cm³/mol. The third kappa shape index (κ3) is 3.04. The SMILES string of the molecule is COc1ccc(-c2cc(=S)nc(C(C)(C)C)[nH]2)cc1F. The molecule has 0 aliphatic rings. The standard InChI is InChI=1S/C15H17FN2OS/c1-15(2,3)14-17-11(8-13(20)18-14)9-5-6-12(19-4)10(16)7-9/h5-8H,1-4H3,(H,17,18,20). The summed E-state index contributed by atoms with van der Waals surface area (Å²) in [5.74, 6) is 0.590. The molecular weight excluding hydrogens is 275 g/mol. The molecule has 1 N–H and O–H groups in total. The zero-order valence-corrected chi connectivity index (χ0v) is 12.8. The molecule has 20 heavy (non-hydrogen) atoms. The number of nitrogens with one attached hydrogen (secondary N) is 1. The van der Waals surface area contributed by atoms with E-state index in [0.717, 1.165) is 11.5 Å². The smallest absolute Gasteiger partial charge is 0.165 e. The largest absolute Gasteiger partial charge is 0.494 e. The quantitative estimate of drug-likeness (QED) is 0.841. The molecule has 0 aliphatic heterocycles. The minimum Gasteiger partial charge on any atom is -0.494 e. The summed E-state index contributed by atoms with van der Waals surface area (Å²) in [6, 6.07) is 6.53. The third-order valence-electron chi connectivity index (χ3n) is 2.92. The molecule has 0 unspecified atom stereocenters. The Bertz CT molecular complexity index is 689. The van der Waals surface area contributed by atoms with Crippen LogP contribution in [0.3, 0.4) is 0 Å². The number of hydrogen-bond donors (Lipinski definition) is 1. The van der Waals surface area contributed by atoms with E-state index in [1.807, 2.05) is 20.8 Å². The fourth-order valence-electron chi connectivity index (χ4n) is 1.80. The molecule has 0 saturated carbocycles. The molecule has 1 heterocycles. The van der Waals surface area contributed by atoms with Crippen LogP contribution in [0, 0.1) is 10.5 Å². The van der Waals surface area contributed by atoms with Crippen molar-refractivity contribution < 1.29 is 9.13 Å². The highest BCUT2D eigenvalue weighted by Crippen LogP contribution is 2.26. The average molecular weight is 292 g/mol. The summed E-state index contributed by atoms with van der Waals surface area (Å²) in [6.07, 6.45) is 0. The second-order valence-electron chi connectivity index (χ2n) is 5.58. The Kier molecular flexibility index (Phi) is 3.90. The molecule has 3 nitrogen and oxygen atoms in total. The Labute approximate surface area is 122 Å². The Morgan fingerprint density at radius 2 is 1.95 bits per heavy atom. The first-order valence-corrected chi connectivity index (χ1v) is 6.68. The lowest BCUT2D eigenvalue weighted by molar-refractivity contribution is 0.386. The summed E-state index contributed by atoms with van der Waals surface area (Å²) in [5.41, 5.74) is 1.30. The molecule has 0 saturated heterocycles. The topological polar surface area (TPSA) is 37.9 Å². The zero-order chi connectivity index (χ0) is 14.9. The van der Waals surface area contributed by atoms with Gasteiger partial charge in [0.1, 0.15) is 10.5 Å². The molecule has 1 aromatic heterocycles. The van der Waals surface area contributed by atoms with Gasteiger partial charge in [-0.1, -0.05) is 33.0 Å². The minimum atomic E-state index is -0.404. The lowest BCUT2D eigenvalue weighted by Crippen LogP contribution is -2.16. The lowest BCUT2D eigenvalue weighted by Gasteiger charge is -2.18. The van der Waals surface area contributed by atoms with E-state index in [0.29, 0.717) is 10.2 Å². The average Bonchev–Trinajstić information content (AvgIpc) is 2.37. The van der Waals surface area contributed by atoms with Gasteiger partial charge in [0, 0.05) is 16.7 Å². The number of ether oxygens (including phenoxy) is 1. The van der Waals surface area contributed by atoms with Gasteiger partial charge in [-0.15, -0.1) is 0 Å². The second kappa shape index (κ2) is 5.32. The van der Waals surface area contributed by atoms with Crippen molar-refractivity contribution in [3.63, 3.8) is 0 Å². The van der Waals surface area contributed by atoms with Gasteiger partial charge in [-0.3, -0.25) is 0 Å². The normalized spacial score (nSPS) is 11.4. The monoisotopic (exact) mass is 292 g/mol. The van der Waals surface area contributed by atoms with Crippen molar-refractivity contribution in [2.24, 2.45) is 0 Å². The van der Waals surface area contributed by atoms with Crippen LogP contribution in [-0.2, 0) is 5.41 Å². The highest BCUT2D eigenvalue weighted by molar-refractivity contribution is 7.71.